The molecule has 1 aromatic carbocycles. The summed E-state index contributed by atoms with van der Waals surface area (Å²) in [5.41, 5.74) is 6.36. The highest BCUT2D eigenvalue weighted by atomic mass is 79.9. The molecule has 1 atom stereocenters. The Bertz CT molecular complexity index is 1680. The lowest BCUT2D eigenvalue weighted by molar-refractivity contribution is -0.136. The van der Waals surface area contributed by atoms with E-state index in [0.29, 0.717) is 16.0 Å². The first-order valence-corrected chi connectivity index (χ1v) is 14.0. The smallest absolute Gasteiger partial charge is 0.248 e. The van der Waals surface area contributed by atoms with Crippen LogP contribution < -0.4 is 5.32 Å². The van der Waals surface area contributed by atoms with Crippen molar-refractivity contribution in [2.24, 2.45) is 0 Å². The highest BCUT2D eigenvalue weighted by Gasteiger charge is 2.26. The second-order valence-electron chi connectivity index (χ2n) is 10.4. The molecule has 9 nitrogen and oxygen atoms in total. The number of fused-ring (bicyclic) bond motifs is 4. The van der Waals surface area contributed by atoms with E-state index in [2.05, 4.69) is 42.3 Å². The zero-order valence-corrected chi connectivity index (χ0v) is 24.8. The maximum absolute atomic E-state index is 13.4. The van der Waals surface area contributed by atoms with E-state index in [-0.39, 0.29) is 24.1 Å². The number of likely N-dealkylation sites (N-methyl/N-ethyl adjacent to an activating group) is 1. The number of nitrogens with one attached hydrogen (secondary N) is 1. The first kappa shape index (κ1) is 27.6. The first-order valence-electron chi connectivity index (χ1n) is 13.2. The van der Waals surface area contributed by atoms with Crippen LogP contribution in [0.15, 0.2) is 41.3 Å². The van der Waals surface area contributed by atoms with Gasteiger partial charge in [0.1, 0.15) is 28.8 Å². The summed E-state index contributed by atoms with van der Waals surface area (Å²) in [6.07, 6.45) is 6.27. The number of Topliss-reactive ketones (excluding diaryl/α,β-unsaturated/α-hetero) is 1. The molecule has 0 saturated carbocycles. The molecule has 1 aliphatic rings. The number of carbonyl (C=O) groups excluding carboxylic acids is 3. The van der Waals surface area contributed by atoms with Crippen molar-refractivity contribution in [2.45, 2.75) is 59.5 Å². The first-order chi connectivity index (χ1) is 19.0. The third kappa shape index (κ3) is 5.28. The number of nitrogens with zero attached hydrogens (tertiary/aromatic N) is 5. The zero-order chi connectivity index (χ0) is 28.7. The number of benzene rings is 1. The summed E-state index contributed by atoms with van der Waals surface area (Å²) >= 11 is 3.32. The molecule has 0 saturated heterocycles. The lowest BCUT2D eigenvalue weighted by atomic mass is 9.96. The van der Waals surface area contributed by atoms with Gasteiger partial charge in [-0.1, -0.05) is 6.07 Å². The Kier molecular flexibility index (Phi) is 7.55. The van der Waals surface area contributed by atoms with Gasteiger partial charge in [0.2, 0.25) is 11.8 Å². The van der Waals surface area contributed by atoms with Gasteiger partial charge in [0.05, 0.1) is 5.69 Å². The molecule has 1 aliphatic carbocycles. The number of rotatable bonds is 6. The second-order valence-corrected chi connectivity index (χ2v) is 11.2. The van der Waals surface area contributed by atoms with E-state index in [4.69, 9.17) is 0 Å². The van der Waals surface area contributed by atoms with Gasteiger partial charge in [0.25, 0.3) is 0 Å². The molecule has 1 N–H and O–H groups in total. The molecular formula is C30H31BrN6O3. The number of aryl methyl sites for hydroxylation is 4. The number of halogens is 1. The van der Waals surface area contributed by atoms with Crippen LogP contribution in [0.2, 0.25) is 0 Å². The molecule has 0 unspecified atom stereocenters. The lowest BCUT2D eigenvalue weighted by Gasteiger charge is -2.24. The van der Waals surface area contributed by atoms with Crippen LogP contribution in [0.3, 0.4) is 0 Å². The van der Waals surface area contributed by atoms with Gasteiger partial charge < -0.3 is 14.8 Å². The van der Waals surface area contributed by atoms with Gasteiger partial charge in [0, 0.05) is 41.5 Å². The number of amides is 2. The SMILES string of the molecule is CC(=O)c1cn(CC(=O)N(C)[C@@H](C)C(=O)Nc2nc(Br)ccc2C)c2cc3c(cc12)-c1cnc(C)nc1CCC3. The second kappa shape index (κ2) is 10.9. The third-order valence-electron chi connectivity index (χ3n) is 7.59. The Morgan fingerprint density at radius 3 is 2.65 bits per heavy atom. The van der Waals surface area contributed by atoms with Crippen molar-refractivity contribution in [3.63, 3.8) is 0 Å². The maximum atomic E-state index is 13.4. The minimum absolute atomic E-state index is 0.0102. The van der Waals surface area contributed by atoms with Crippen LogP contribution in [-0.4, -0.2) is 55.1 Å². The molecule has 10 heteroatoms. The molecule has 5 rings (SSSR count). The predicted octanol–water partition coefficient (Wildman–Crippen LogP) is 5.05. The average Bonchev–Trinajstić information content (AvgIpc) is 3.16. The van der Waals surface area contributed by atoms with Gasteiger partial charge in [-0.25, -0.2) is 15.0 Å². The molecule has 3 aromatic heterocycles. The fourth-order valence-electron chi connectivity index (χ4n) is 5.13. The van der Waals surface area contributed by atoms with Crippen molar-refractivity contribution in [2.75, 3.05) is 12.4 Å². The molecular weight excluding hydrogens is 572 g/mol. The minimum Gasteiger partial charge on any atom is -0.337 e. The molecule has 206 valence electrons. The van der Waals surface area contributed by atoms with E-state index in [0.717, 1.165) is 63.9 Å². The van der Waals surface area contributed by atoms with Crippen LogP contribution >= 0.6 is 15.9 Å². The number of anilines is 1. The number of hydrogen-bond donors (Lipinski definition) is 1. The normalized spacial score (nSPS) is 13.2. The summed E-state index contributed by atoms with van der Waals surface area (Å²) in [6, 6.07) is 7.03. The molecule has 0 radical (unpaired) electrons. The van der Waals surface area contributed by atoms with Crippen LogP contribution in [0, 0.1) is 13.8 Å². The van der Waals surface area contributed by atoms with Gasteiger partial charge in [-0.05, 0) is 97.8 Å². The van der Waals surface area contributed by atoms with Crippen molar-refractivity contribution < 1.29 is 14.4 Å². The van der Waals surface area contributed by atoms with E-state index in [1.165, 1.54) is 11.8 Å². The number of pyridine rings is 1. The Morgan fingerprint density at radius 2 is 1.90 bits per heavy atom. The van der Waals surface area contributed by atoms with E-state index in [1.807, 2.05) is 36.7 Å². The summed E-state index contributed by atoms with van der Waals surface area (Å²) in [5.74, 6) is 0.512. The van der Waals surface area contributed by atoms with Crippen molar-refractivity contribution in [1.82, 2.24) is 24.4 Å². The van der Waals surface area contributed by atoms with E-state index in [9.17, 15) is 14.4 Å². The van der Waals surface area contributed by atoms with Crippen LogP contribution in [0.25, 0.3) is 22.0 Å². The molecule has 3 heterocycles. The van der Waals surface area contributed by atoms with Crippen LogP contribution in [0.1, 0.15) is 53.3 Å². The molecule has 0 aliphatic heterocycles. The third-order valence-corrected chi connectivity index (χ3v) is 8.03. The van der Waals surface area contributed by atoms with Gasteiger partial charge in [-0.3, -0.25) is 14.4 Å². The van der Waals surface area contributed by atoms with Crippen molar-refractivity contribution in [3.05, 3.63) is 69.5 Å². The predicted molar refractivity (Wildman–Crippen MR) is 157 cm³/mol. The molecule has 0 fully saturated rings. The molecule has 40 heavy (non-hydrogen) atoms. The van der Waals surface area contributed by atoms with Gasteiger partial charge in [-0.2, -0.15) is 0 Å². The number of hydrogen-bond acceptors (Lipinski definition) is 6. The number of aromatic nitrogens is 4. The molecule has 0 spiro atoms. The summed E-state index contributed by atoms with van der Waals surface area (Å²) in [5, 5.41) is 3.60. The number of ketones is 1. The average molecular weight is 604 g/mol. The molecule has 0 bridgehead atoms. The molecule has 2 amide bonds. The Hall–Kier alpha value is -3.92. The summed E-state index contributed by atoms with van der Waals surface area (Å²) in [4.78, 5) is 53.8. The minimum atomic E-state index is -0.738. The Labute approximate surface area is 241 Å². The zero-order valence-electron chi connectivity index (χ0n) is 23.2. The quantitative estimate of drug-likeness (QED) is 0.244. The lowest BCUT2D eigenvalue weighted by Crippen LogP contribution is -2.44. The van der Waals surface area contributed by atoms with Crippen LogP contribution in [-0.2, 0) is 29.0 Å². The Morgan fingerprint density at radius 1 is 1.12 bits per heavy atom. The van der Waals surface area contributed by atoms with Crippen molar-refractivity contribution >= 4 is 50.2 Å². The maximum Gasteiger partial charge on any atom is 0.248 e. The monoisotopic (exact) mass is 602 g/mol. The van der Waals surface area contributed by atoms with Gasteiger partial charge in [-0.15, -0.1) is 0 Å². The van der Waals surface area contributed by atoms with E-state index < -0.39 is 6.04 Å². The van der Waals surface area contributed by atoms with Crippen molar-refractivity contribution in [1.29, 1.82) is 0 Å². The highest BCUT2D eigenvalue weighted by molar-refractivity contribution is 9.10. The topological polar surface area (TPSA) is 110 Å². The van der Waals surface area contributed by atoms with Crippen LogP contribution in [0.4, 0.5) is 5.82 Å². The summed E-state index contributed by atoms with van der Waals surface area (Å²) in [7, 11) is 1.61. The highest BCUT2D eigenvalue weighted by Crippen LogP contribution is 2.36. The fraction of sp³-hybridized carbons (Fsp3) is 0.333. The summed E-state index contributed by atoms with van der Waals surface area (Å²) in [6.45, 7) is 6.94. The largest absolute Gasteiger partial charge is 0.337 e. The standard InChI is InChI=1S/C30H31BrN6O3/c1-16-9-10-27(31)34-29(16)35-30(40)17(2)36(5)28(39)15-37-14-24(18(3)38)22-12-21-20(11-26(22)37)7-6-8-25-23(21)13-32-19(4)33-25/h9-14,17H,6-8,15H2,1-5H3,(H,34,35,40)/t17-/m0/s1. The number of carbonyl (C=O) groups is 3. The van der Waals surface area contributed by atoms with E-state index >= 15 is 0 Å². The Balaban J connectivity index is 1.44. The summed E-state index contributed by atoms with van der Waals surface area (Å²) < 4.78 is 2.42. The fourth-order valence-corrected chi connectivity index (χ4v) is 5.44. The van der Waals surface area contributed by atoms with Gasteiger partial charge in [0.15, 0.2) is 5.78 Å². The van der Waals surface area contributed by atoms with Gasteiger partial charge >= 0.3 is 0 Å². The van der Waals surface area contributed by atoms with E-state index in [1.54, 1.807) is 26.2 Å². The van der Waals surface area contributed by atoms with Crippen LogP contribution in [0.5, 0.6) is 0 Å². The van der Waals surface area contributed by atoms with Crippen molar-refractivity contribution in [3.8, 4) is 11.1 Å². The molecule has 4 aromatic rings.